The lowest BCUT2D eigenvalue weighted by molar-refractivity contribution is -0.129. The molecule has 1 N–H and O–H groups in total. The first-order chi connectivity index (χ1) is 13.3. The second kappa shape index (κ2) is 12.1. The number of nitrogens with zero attached hydrogens (tertiary/aromatic N) is 3. The van der Waals surface area contributed by atoms with Gasteiger partial charge in [-0.3, -0.25) is 9.79 Å². The van der Waals surface area contributed by atoms with Crippen molar-refractivity contribution in [2.75, 3.05) is 39.3 Å². The minimum Gasteiger partial charge on any atom is -0.490 e. The Kier molecular flexibility index (Phi) is 9.87. The van der Waals surface area contributed by atoms with E-state index in [2.05, 4.69) is 17.1 Å². The Morgan fingerprint density at radius 2 is 1.79 bits per heavy atom. The van der Waals surface area contributed by atoms with Crippen LogP contribution in [0.25, 0.3) is 0 Å². The normalized spacial score (nSPS) is 18.0. The van der Waals surface area contributed by atoms with Crippen LogP contribution in [-0.2, 0) is 4.79 Å². The van der Waals surface area contributed by atoms with Crippen LogP contribution in [0.3, 0.4) is 0 Å². The molecule has 0 aromatic heterocycles. The molecule has 1 aromatic rings. The lowest BCUT2D eigenvalue weighted by Crippen LogP contribution is -2.47. The number of benzene rings is 1. The average Bonchev–Trinajstić information content (AvgIpc) is 3.24. The summed E-state index contributed by atoms with van der Waals surface area (Å²) in [7, 11) is 0. The van der Waals surface area contributed by atoms with Crippen LogP contribution in [0.1, 0.15) is 39.0 Å². The van der Waals surface area contributed by atoms with Crippen LogP contribution in [0.5, 0.6) is 5.75 Å². The largest absolute Gasteiger partial charge is 0.490 e. The van der Waals surface area contributed by atoms with Crippen LogP contribution in [0.15, 0.2) is 35.3 Å². The maximum atomic E-state index is 12.2. The van der Waals surface area contributed by atoms with Gasteiger partial charge in [0.15, 0.2) is 5.96 Å². The highest BCUT2D eigenvalue weighted by molar-refractivity contribution is 14.0. The van der Waals surface area contributed by atoms with Gasteiger partial charge in [0.1, 0.15) is 11.9 Å². The van der Waals surface area contributed by atoms with Crippen molar-refractivity contribution in [2.24, 2.45) is 4.99 Å². The van der Waals surface area contributed by atoms with Crippen molar-refractivity contribution in [1.29, 1.82) is 0 Å². The fraction of sp³-hybridized carbons (Fsp3) is 0.619. The highest BCUT2D eigenvalue weighted by Gasteiger charge is 2.23. The molecule has 3 rings (SSSR count). The fourth-order valence-corrected chi connectivity index (χ4v) is 3.68. The number of carbonyl (C=O) groups is 1. The maximum Gasteiger partial charge on any atom is 0.224 e. The van der Waals surface area contributed by atoms with E-state index in [9.17, 15) is 4.79 Å². The summed E-state index contributed by atoms with van der Waals surface area (Å²) < 4.78 is 6.08. The molecule has 28 heavy (non-hydrogen) atoms. The van der Waals surface area contributed by atoms with E-state index in [1.54, 1.807) is 0 Å². The number of rotatable bonds is 6. The van der Waals surface area contributed by atoms with Crippen molar-refractivity contribution in [3.05, 3.63) is 30.3 Å². The molecule has 0 aliphatic carbocycles. The number of para-hydroxylation sites is 1. The molecule has 2 heterocycles. The molecular formula is C21H33IN4O2. The van der Waals surface area contributed by atoms with Gasteiger partial charge in [0, 0.05) is 52.0 Å². The number of nitrogens with one attached hydrogen (secondary N) is 1. The zero-order valence-corrected chi connectivity index (χ0v) is 19.1. The number of hydrogen-bond donors (Lipinski definition) is 1. The van der Waals surface area contributed by atoms with E-state index in [1.165, 1.54) is 0 Å². The Bertz CT molecular complexity index is 612. The van der Waals surface area contributed by atoms with Gasteiger partial charge >= 0.3 is 0 Å². The minimum absolute atomic E-state index is 0. The van der Waals surface area contributed by atoms with Gasteiger partial charge < -0.3 is 19.9 Å². The number of halogens is 1. The lowest BCUT2D eigenvalue weighted by Gasteiger charge is -2.34. The van der Waals surface area contributed by atoms with Crippen molar-refractivity contribution < 1.29 is 9.53 Å². The fourth-order valence-electron chi connectivity index (χ4n) is 3.68. The summed E-state index contributed by atoms with van der Waals surface area (Å²) in [6, 6.07) is 10.0. The van der Waals surface area contributed by atoms with E-state index in [1.807, 2.05) is 35.2 Å². The number of hydrogen-bond acceptors (Lipinski definition) is 3. The summed E-state index contributed by atoms with van der Waals surface area (Å²) in [4.78, 5) is 21.1. The van der Waals surface area contributed by atoms with E-state index in [0.29, 0.717) is 13.0 Å². The zero-order chi connectivity index (χ0) is 18.9. The molecule has 2 saturated heterocycles. The van der Waals surface area contributed by atoms with Crippen LogP contribution >= 0.6 is 24.0 Å². The third kappa shape index (κ3) is 6.83. The van der Waals surface area contributed by atoms with E-state index >= 15 is 0 Å². The molecule has 1 amide bonds. The van der Waals surface area contributed by atoms with E-state index in [4.69, 9.17) is 9.73 Å². The van der Waals surface area contributed by atoms with Crippen LogP contribution in [0.4, 0.5) is 0 Å². The molecular weight excluding hydrogens is 467 g/mol. The number of likely N-dealkylation sites (tertiary alicyclic amines) is 2. The van der Waals surface area contributed by atoms with Gasteiger partial charge in [-0.05, 0) is 31.9 Å². The number of amides is 1. The van der Waals surface area contributed by atoms with Crippen molar-refractivity contribution in [3.63, 3.8) is 0 Å². The minimum atomic E-state index is 0. The van der Waals surface area contributed by atoms with Gasteiger partial charge in [-0.1, -0.05) is 18.2 Å². The van der Waals surface area contributed by atoms with Gasteiger partial charge in [-0.15, -0.1) is 24.0 Å². The molecule has 6 nitrogen and oxygen atoms in total. The van der Waals surface area contributed by atoms with Crippen molar-refractivity contribution in [3.8, 4) is 5.75 Å². The summed E-state index contributed by atoms with van der Waals surface area (Å²) in [5.41, 5.74) is 0. The molecule has 0 saturated carbocycles. The van der Waals surface area contributed by atoms with Crippen LogP contribution in [0.2, 0.25) is 0 Å². The first-order valence-electron chi connectivity index (χ1n) is 10.3. The van der Waals surface area contributed by atoms with Crippen LogP contribution in [0, 0.1) is 0 Å². The number of carbonyl (C=O) groups excluding carboxylic acids is 1. The predicted molar refractivity (Wildman–Crippen MR) is 123 cm³/mol. The summed E-state index contributed by atoms with van der Waals surface area (Å²) >= 11 is 0. The molecule has 2 aliphatic heterocycles. The lowest BCUT2D eigenvalue weighted by atomic mass is 10.1. The molecule has 0 bridgehead atoms. The second-order valence-corrected chi connectivity index (χ2v) is 7.19. The highest BCUT2D eigenvalue weighted by atomic mass is 127. The van der Waals surface area contributed by atoms with Gasteiger partial charge in [0.05, 0.1) is 6.54 Å². The van der Waals surface area contributed by atoms with E-state index in [0.717, 1.165) is 70.1 Å². The summed E-state index contributed by atoms with van der Waals surface area (Å²) in [6.45, 7) is 7.13. The molecule has 0 spiro atoms. The Balaban J connectivity index is 0.00000280. The highest BCUT2D eigenvalue weighted by Crippen LogP contribution is 2.18. The topological polar surface area (TPSA) is 57.2 Å². The number of piperidine rings is 1. The maximum absolute atomic E-state index is 12.2. The monoisotopic (exact) mass is 500 g/mol. The molecule has 0 unspecified atom stereocenters. The zero-order valence-electron chi connectivity index (χ0n) is 16.8. The van der Waals surface area contributed by atoms with Gasteiger partial charge in [-0.25, -0.2) is 0 Å². The first kappa shape index (κ1) is 22.8. The van der Waals surface area contributed by atoms with Crippen molar-refractivity contribution in [2.45, 2.75) is 45.1 Å². The molecule has 0 atom stereocenters. The number of guanidine groups is 1. The van der Waals surface area contributed by atoms with Crippen LogP contribution in [-0.4, -0.2) is 67.0 Å². The van der Waals surface area contributed by atoms with Gasteiger partial charge in [0.2, 0.25) is 5.91 Å². The average molecular weight is 500 g/mol. The van der Waals surface area contributed by atoms with Crippen molar-refractivity contribution >= 4 is 35.8 Å². The van der Waals surface area contributed by atoms with E-state index < -0.39 is 0 Å². The quantitative estimate of drug-likeness (QED) is 0.371. The first-order valence-corrected chi connectivity index (χ1v) is 10.3. The molecule has 156 valence electrons. The standard InChI is InChI=1S/C21H32N4O2.HI/c1-2-22-21(23-13-10-20(26)24-14-6-7-15-24)25-16-11-19(12-17-25)27-18-8-4-3-5-9-18;/h3-5,8-9,19H,2,6-7,10-17H2,1H3,(H,22,23);1H. The third-order valence-electron chi connectivity index (χ3n) is 5.17. The second-order valence-electron chi connectivity index (χ2n) is 7.19. The molecule has 1 aromatic carbocycles. The summed E-state index contributed by atoms with van der Waals surface area (Å²) in [5, 5.41) is 3.37. The van der Waals surface area contributed by atoms with Gasteiger partial charge in [-0.2, -0.15) is 0 Å². The summed E-state index contributed by atoms with van der Waals surface area (Å²) in [5.74, 6) is 2.10. The Morgan fingerprint density at radius 3 is 2.43 bits per heavy atom. The Labute approximate surface area is 185 Å². The molecule has 0 radical (unpaired) electrons. The predicted octanol–water partition coefficient (Wildman–Crippen LogP) is 3.13. The van der Waals surface area contributed by atoms with Crippen molar-refractivity contribution in [1.82, 2.24) is 15.1 Å². The smallest absolute Gasteiger partial charge is 0.224 e. The number of ether oxygens (including phenoxy) is 1. The van der Waals surface area contributed by atoms with E-state index in [-0.39, 0.29) is 36.0 Å². The van der Waals surface area contributed by atoms with Gasteiger partial charge in [0.25, 0.3) is 0 Å². The number of aliphatic imine (C=N–C) groups is 1. The molecule has 7 heteroatoms. The summed E-state index contributed by atoms with van der Waals surface area (Å²) in [6.07, 6.45) is 4.98. The Hall–Kier alpha value is -1.51. The molecule has 2 aliphatic rings. The Morgan fingerprint density at radius 1 is 1.11 bits per heavy atom. The molecule has 2 fully saturated rings. The third-order valence-corrected chi connectivity index (χ3v) is 5.17. The SMILES string of the molecule is CCNC(=NCCC(=O)N1CCCC1)N1CCC(Oc2ccccc2)CC1.I. The van der Waals surface area contributed by atoms with Crippen LogP contribution < -0.4 is 10.1 Å².